The van der Waals surface area contributed by atoms with Gasteiger partial charge in [-0.15, -0.1) is 38.4 Å². The number of carbonyl (C=O) groups is 3. The first kappa shape index (κ1) is 23.1. The zero-order valence-electron chi connectivity index (χ0n) is 17.7. The number of carbonyl (C=O) groups excluding carboxylic acids is 2. The maximum atomic E-state index is 12.8. The van der Waals surface area contributed by atoms with Gasteiger partial charge in [0.25, 0.3) is 11.8 Å². The van der Waals surface area contributed by atoms with Crippen molar-refractivity contribution in [1.82, 2.24) is 35.5 Å². The minimum absolute atomic E-state index is 0.0153. The van der Waals surface area contributed by atoms with Gasteiger partial charge < -0.3 is 20.6 Å². The lowest BCUT2D eigenvalue weighted by atomic mass is 10.0. The minimum atomic E-state index is -1.54. The highest BCUT2D eigenvalue weighted by Gasteiger charge is 2.54. The number of aliphatic hydroxyl groups is 1. The SMILES string of the molecule is O=C(O)C1=C(CSc2ccc3nnnn3n2)CS[C@H]2C(NC(=O)C(O)c3ccc(O)cc3)C(=O)N12. The fraction of sp³-hybridized carbons (Fsp3) is 0.250. The van der Waals surface area contributed by atoms with Crippen molar-refractivity contribution in [2.45, 2.75) is 22.5 Å². The Labute approximate surface area is 205 Å². The number of benzene rings is 1. The number of aromatic hydroxyl groups is 1. The number of phenolic OH excluding ortho intramolecular Hbond substituents is 1. The molecule has 2 unspecified atom stereocenters. The monoisotopic (exact) mass is 515 g/mol. The molecule has 4 N–H and O–H groups in total. The van der Waals surface area contributed by atoms with E-state index in [-0.39, 0.29) is 22.8 Å². The highest BCUT2D eigenvalue weighted by molar-refractivity contribution is 8.01. The molecule has 0 aliphatic carbocycles. The normalized spacial score (nSPS) is 20.4. The Morgan fingerprint density at radius 1 is 1.23 bits per heavy atom. The molecular formula is C20H17N7O6S2. The Bertz CT molecular complexity index is 1360. The average Bonchev–Trinajstić information content (AvgIpc) is 3.33. The van der Waals surface area contributed by atoms with Crippen LogP contribution in [-0.2, 0) is 14.4 Å². The highest BCUT2D eigenvalue weighted by atomic mass is 32.2. The number of tetrazole rings is 1. The van der Waals surface area contributed by atoms with Crippen LogP contribution >= 0.6 is 23.5 Å². The van der Waals surface area contributed by atoms with Crippen molar-refractivity contribution in [1.29, 1.82) is 0 Å². The number of aliphatic hydroxyl groups excluding tert-OH is 1. The standard InChI is InChI=1S/C20H17N7O6S2/c28-11-3-1-9(2-4-11)16(29)17(30)21-14-18(31)26-15(20(32)33)10(8-35-19(14)26)7-34-13-6-5-12-22-24-25-27(12)23-13/h1-6,14,16,19,28-29H,7-8H2,(H,21,30)(H,32,33)/t14?,16?,19-/m0/s1. The molecule has 2 amide bonds. The van der Waals surface area contributed by atoms with Crippen molar-refractivity contribution in [3.05, 3.63) is 53.2 Å². The van der Waals surface area contributed by atoms with Crippen LogP contribution in [0.5, 0.6) is 5.75 Å². The van der Waals surface area contributed by atoms with Gasteiger partial charge >= 0.3 is 5.97 Å². The molecule has 3 aromatic rings. The fourth-order valence-electron chi connectivity index (χ4n) is 3.71. The van der Waals surface area contributed by atoms with Crippen LogP contribution in [0.4, 0.5) is 0 Å². The number of hydrogen-bond acceptors (Lipinski definition) is 11. The van der Waals surface area contributed by atoms with Crippen LogP contribution in [0.2, 0.25) is 0 Å². The van der Waals surface area contributed by atoms with Crippen LogP contribution in [0.1, 0.15) is 11.7 Å². The molecule has 3 atom stereocenters. The van der Waals surface area contributed by atoms with E-state index in [4.69, 9.17) is 0 Å². The van der Waals surface area contributed by atoms with Crippen LogP contribution < -0.4 is 5.32 Å². The lowest BCUT2D eigenvalue weighted by Gasteiger charge is -2.49. The molecule has 1 aromatic carbocycles. The van der Waals surface area contributed by atoms with E-state index in [0.29, 0.717) is 22.0 Å². The van der Waals surface area contributed by atoms with Crippen LogP contribution in [0.3, 0.4) is 0 Å². The van der Waals surface area contributed by atoms with Crippen molar-refractivity contribution in [2.24, 2.45) is 0 Å². The number of carboxylic acids is 1. The number of nitrogens with one attached hydrogen (secondary N) is 1. The van der Waals surface area contributed by atoms with Crippen molar-refractivity contribution in [3.8, 4) is 5.75 Å². The van der Waals surface area contributed by atoms with Gasteiger partial charge in [-0.25, -0.2) is 4.79 Å². The smallest absolute Gasteiger partial charge is 0.352 e. The highest BCUT2D eigenvalue weighted by Crippen LogP contribution is 2.41. The number of hydrogen-bond donors (Lipinski definition) is 4. The first-order valence-electron chi connectivity index (χ1n) is 10.2. The molecule has 0 radical (unpaired) electrons. The molecule has 2 aliphatic rings. The van der Waals surface area contributed by atoms with E-state index in [1.165, 1.54) is 57.3 Å². The van der Waals surface area contributed by atoms with E-state index in [2.05, 4.69) is 25.9 Å². The molecule has 2 aliphatic heterocycles. The number of carboxylic acid groups (broad SMARTS) is 1. The minimum Gasteiger partial charge on any atom is -0.508 e. The van der Waals surface area contributed by atoms with Gasteiger partial charge in [0, 0.05) is 11.5 Å². The van der Waals surface area contributed by atoms with E-state index in [1.54, 1.807) is 12.1 Å². The number of aliphatic carboxylic acids is 1. The number of aromatic nitrogens is 5. The predicted molar refractivity (Wildman–Crippen MR) is 122 cm³/mol. The molecular weight excluding hydrogens is 498 g/mol. The molecule has 1 fully saturated rings. The number of β-lactam (4-membered cyclic amide) rings is 1. The van der Waals surface area contributed by atoms with Crippen molar-refractivity contribution < 1.29 is 29.7 Å². The summed E-state index contributed by atoms with van der Waals surface area (Å²) in [6.45, 7) is 0. The van der Waals surface area contributed by atoms with Crippen molar-refractivity contribution in [3.63, 3.8) is 0 Å². The van der Waals surface area contributed by atoms with Gasteiger partial charge in [0.15, 0.2) is 11.8 Å². The molecule has 0 spiro atoms. The van der Waals surface area contributed by atoms with E-state index < -0.39 is 35.3 Å². The topological polar surface area (TPSA) is 183 Å². The Morgan fingerprint density at radius 2 is 2.00 bits per heavy atom. The zero-order valence-corrected chi connectivity index (χ0v) is 19.3. The first-order valence-corrected chi connectivity index (χ1v) is 12.2. The molecule has 4 heterocycles. The Kier molecular flexibility index (Phi) is 6.04. The maximum Gasteiger partial charge on any atom is 0.352 e. The molecule has 13 nitrogen and oxygen atoms in total. The average molecular weight is 516 g/mol. The Hall–Kier alpha value is -3.69. The molecule has 5 rings (SSSR count). The van der Waals surface area contributed by atoms with Gasteiger partial charge in [0.2, 0.25) is 0 Å². The number of fused-ring (bicyclic) bond motifs is 2. The lowest BCUT2D eigenvalue weighted by molar-refractivity contribution is -0.151. The summed E-state index contributed by atoms with van der Waals surface area (Å²) in [6.07, 6.45) is -1.54. The van der Waals surface area contributed by atoms with Gasteiger partial charge in [-0.1, -0.05) is 12.1 Å². The second-order valence-corrected chi connectivity index (χ2v) is 9.73. The molecule has 2 aromatic heterocycles. The summed E-state index contributed by atoms with van der Waals surface area (Å²) in [7, 11) is 0. The van der Waals surface area contributed by atoms with Crippen molar-refractivity contribution >= 4 is 47.0 Å². The molecule has 0 bridgehead atoms. The van der Waals surface area contributed by atoms with Gasteiger partial charge in [0.1, 0.15) is 27.9 Å². The number of amides is 2. The van der Waals surface area contributed by atoms with E-state index >= 15 is 0 Å². The Morgan fingerprint density at radius 3 is 2.74 bits per heavy atom. The third-order valence-corrected chi connectivity index (χ3v) is 7.79. The largest absolute Gasteiger partial charge is 0.508 e. The third-order valence-electron chi connectivity index (χ3n) is 5.44. The van der Waals surface area contributed by atoms with Crippen LogP contribution in [0, 0.1) is 0 Å². The number of rotatable bonds is 7. The molecule has 35 heavy (non-hydrogen) atoms. The molecule has 180 valence electrons. The summed E-state index contributed by atoms with van der Waals surface area (Å²) in [5.74, 6) is -2.00. The quantitative estimate of drug-likeness (QED) is 0.240. The molecule has 0 saturated carbocycles. The Balaban J connectivity index is 1.28. The first-order chi connectivity index (χ1) is 16.8. The summed E-state index contributed by atoms with van der Waals surface area (Å²) in [4.78, 5) is 38.5. The van der Waals surface area contributed by atoms with E-state index in [9.17, 15) is 29.7 Å². The van der Waals surface area contributed by atoms with Gasteiger partial charge in [0.05, 0.1) is 0 Å². The second kappa shape index (κ2) is 9.16. The van der Waals surface area contributed by atoms with Gasteiger partial charge in [-0.2, -0.15) is 0 Å². The van der Waals surface area contributed by atoms with Gasteiger partial charge in [-0.3, -0.25) is 14.5 Å². The maximum absolute atomic E-state index is 12.8. The number of phenols is 1. The number of nitrogens with zero attached hydrogens (tertiary/aromatic N) is 6. The van der Waals surface area contributed by atoms with E-state index in [1.807, 2.05) is 0 Å². The lowest BCUT2D eigenvalue weighted by Crippen LogP contribution is -2.70. The summed E-state index contributed by atoms with van der Waals surface area (Å²) >= 11 is 2.62. The fourth-order valence-corrected chi connectivity index (χ4v) is 6.04. The second-order valence-electron chi connectivity index (χ2n) is 7.63. The van der Waals surface area contributed by atoms with Crippen LogP contribution in [0.25, 0.3) is 5.65 Å². The van der Waals surface area contributed by atoms with Crippen LogP contribution in [-0.4, -0.2) is 86.2 Å². The third kappa shape index (κ3) is 4.28. The zero-order chi connectivity index (χ0) is 24.7. The number of thioether (sulfide) groups is 2. The predicted octanol–water partition coefficient (Wildman–Crippen LogP) is -0.211. The summed E-state index contributed by atoms with van der Waals surface area (Å²) in [5.41, 5.74) is 1.16. The molecule has 1 saturated heterocycles. The summed E-state index contributed by atoms with van der Waals surface area (Å²) in [6, 6.07) is 7.89. The summed E-state index contributed by atoms with van der Waals surface area (Å²) in [5, 5.41) is 47.2. The van der Waals surface area contributed by atoms with Crippen molar-refractivity contribution in [2.75, 3.05) is 11.5 Å². The molecule has 15 heteroatoms. The van der Waals surface area contributed by atoms with E-state index in [0.717, 1.165) is 0 Å². The van der Waals surface area contributed by atoms with Gasteiger partial charge in [-0.05, 0) is 45.8 Å². The summed E-state index contributed by atoms with van der Waals surface area (Å²) < 4.78 is 1.26. The van der Waals surface area contributed by atoms with Crippen LogP contribution in [0.15, 0.2) is 52.7 Å².